The normalized spacial score (nSPS) is 19.9. The van der Waals surface area contributed by atoms with Crippen molar-refractivity contribution in [3.05, 3.63) is 23.9 Å². The number of fused-ring (bicyclic) bond motifs is 1. The number of esters is 1. The van der Waals surface area contributed by atoms with Crippen LogP contribution in [-0.2, 0) is 9.53 Å². The monoisotopic (exact) mass is 401 g/mol. The van der Waals surface area contributed by atoms with Crippen molar-refractivity contribution in [2.75, 3.05) is 38.7 Å². The first-order valence-electron chi connectivity index (χ1n) is 10.3. The predicted octanol–water partition coefficient (Wildman–Crippen LogP) is 3.66. The summed E-state index contributed by atoms with van der Waals surface area (Å²) >= 11 is 0. The molecule has 1 saturated heterocycles. The molecule has 0 saturated carbocycles. The summed E-state index contributed by atoms with van der Waals surface area (Å²) in [5, 5.41) is 3.66. The van der Waals surface area contributed by atoms with Crippen LogP contribution in [0.3, 0.4) is 0 Å². The van der Waals surface area contributed by atoms with Crippen LogP contribution in [0.4, 0.5) is 5.69 Å². The maximum atomic E-state index is 12.7. The predicted molar refractivity (Wildman–Crippen MR) is 113 cm³/mol. The number of piperidine rings is 1. The van der Waals surface area contributed by atoms with E-state index in [0.29, 0.717) is 36.2 Å². The van der Waals surface area contributed by atoms with E-state index in [1.807, 2.05) is 6.07 Å². The van der Waals surface area contributed by atoms with Gasteiger partial charge in [-0.25, -0.2) is 4.79 Å². The third kappa shape index (κ3) is 5.09. The second-order valence-corrected chi connectivity index (χ2v) is 8.01. The number of hydrogen-bond donors (Lipinski definition) is 2. The Balaban J connectivity index is 1.77. The molecule has 1 aromatic carbocycles. The maximum absolute atomic E-state index is 12.7. The van der Waals surface area contributed by atoms with Gasteiger partial charge in [0.05, 0.1) is 19.4 Å². The number of aromatic nitrogens is 1. The van der Waals surface area contributed by atoms with Crippen LogP contribution in [0.25, 0.3) is 10.9 Å². The molecule has 0 aliphatic carbocycles. The van der Waals surface area contributed by atoms with E-state index >= 15 is 0 Å². The van der Waals surface area contributed by atoms with Gasteiger partial charge in [-0.15, -0.1) is 0 Å². The van der Waals surface area contributed by atoms with Crippen molar-refractivity contribution < 1.29 is 19.1 Å². The minimum absolute atomic E-state index is 0.120. The van der Waals surface area contributed by atoms with Crippen LogP contribution in [0.5, 0.6) is 5.75 Å². The topological polar surface area (TPSA) is 83.7 Å². The highest BCUT2D eigenvalue weighted by molar-refractivity contribution is 6.11. The number of nitrogens with zero attached hydrogens (tertiary/aromatic N) is 1. The van der Waals surface area contributed by atoms with Gasteiger partial charge in [-0.2, -0.15) is 0 Å². The Morgan fingerprint density at radius 2 is 1.97 bits per heavy atom. The zero-order valence-electron chi connectivity index (χ0n) is 17.7. The molecule has 2 atom stereocenters. The summed E-state index contributed by atoms with van der Waals surface area (Å²) in [7, 11) is 1.58. The Labute approximate surface area is 171 Å². The number of carbonyl (C=O) groups is 2. The average molecular weight is 402 g/mol. The number of ether oxygens (including phenoxy) is 2. The lowest BCUT2D eigenvalue weighted by molar-refractivity contribution is -0.116. The summed E-state index contributed by atoms with van der Waals surface area (Å²) in [6.45, 7) is 9.28. The third-order valence-electron chi connectivity index (χ3n) is 5.35. The molecule has 3 rings (SSSR count). The Morgan fingerprint density at radius 1 is 1.24 bits per heavy atom. The fraction of sp³-hybridized carbons (Fsp3) is 0.545. The molecule has 0 unspecified atom stereocenters. The van der Waals surface area contributed by atoms with Gasteiger partial charge in [0.1, 0.15) is 11.4 Å². The summed E-state index contributed by atoms with van der Waals surface area (Å²) in [6, 6.07) is 5.43. The molecule has 0 radical (unpaired) electrons. The summed E-state index contributed by atoms with van der Waals surface area (Å²) in [5.41, 5.74) is 1.44. The van der Waals surface area contributed by atoms with Gasteiger partial charge < -0.3 is 24.7 Å². The number of carbonyl (C=O) groups excluding carboxylic acids is 2. The SMILES string of the molecule is CCOC(=O)c1[nH]c2ccc(OC)cc2c1NC(=O)CCN1C[C@H](C)C[C@H](C)C1. The quantitative estimate of drug-likeness (QED) is 0.692. The van der Waals surface area contributed by atoms with E-state index in [9.17, 15) is 9.59 Å². The Kier molecular flexibility index (Phi) is 6.79. The second kappa shape index (κ2) is 9.31. The van der Waals surface area contributed by atoms with Gasteiger partial charge in [-0.1, -0.05) is 13.8 Å². The molecule has 0 bridgehead atoms. The molecule has 7 nitrogen and oxygen atoms in total. The number of likely N-dealkylation sites (tertiary alicyclic amines) is 1. The number of aromatic amines is 1. The van der Waals surface area contributed by atoms with Crippen molar-refractivity contribution in [3.8, 4) is 5.75 Å². The van der Waals surface area contributed by atoms with Crippen molar-refractivity contribution in [2.45, 2.75) is 33.6 Å². The summed E-state index contributed by atoms with van der Waals surface area (Å²) in [6.07, 6.45) is 1.61. The maximum Gasteiger partial charge on any atom is 0.356 e. The van der Waals surface area contributed by atoms with Gasteiger partial charge >= 0.3 is 5.97 Å². The first kappa shape index (κ1) is 21.2. The van der Waals surface area contributed by atoms with Crippen molar-refractivity contribution in [3.63, 3.8) is 0 Å². The van der Waals surface area contributed by atoms with E-state index in [1.54, 1.807) is 26.2 Å². The van der Waals surface area contributed by atoms with Crippen LogP contribution in [0.15, 0.2) is 18.2 Å². The Bertz CT molecular complexity index is 866. The van der Waals surface area contributed by atoms with E-state index in [2.05, 4.69) is 29.0 Å². The van der Waals surface area contributed by atoms with Crippen molar-refractivity contribution >= 4 is 28.5 Å². The Morgan fingerprint density at radius 3 is 2.62 bits per heavy atom. The lowest BCUT2D eigenvalue weighted by Gasteiger charge is -2.34. The minimum atomic E-state index is -0.489. The molecule has 1 aliphatic heterocycles. The van der Waals surface area contributed by atoms with Crippen LogP contribution >= 0.6 is 0 Å². The van der Waals surface area contributed by atoms with E-state index < -0.39 is 5.97 Å². The molecule has 29 heavy (non-hydrogen) atoms. The highest BCUT2D eigenvalue weighted by atomic mass is 16.5. The standard InChI is InChI=1S/C22H31N3O4/c1-5-29-22(27)21-20(17-11-16(28-4)6-7-18(17)23-21)24-19(26)8-9-25-12-14(2)10-15(3)13-25/h6-7,11,14-15,23H,5,8-10,12-13H2,1-4H3,(H,24,26)/t14-,15+. The first-order chi connectivity index (χ1) is 13.9. The number of methoxy groups -OCH3 is 1. The number of rotatable bonds is 7. The van der Waals surface area contributed by atoms with Crippen LogP contribution in [0.2, 0.25) is 0 Å². The van der Waals surface area contributed by atoms with E-state index in [1.165, 1.54) is 6.42 Å². The highest BCUT2D eigenvalue weighted by Crippen LogP contribution is 2.31. The van der Waals surface area contributed by atoms with Crippen molar-refractivity contribution in [2.24, 2.45) is 11.8 Å². The van der Waals surface area contributed by atoms with Gasteiger partial charge in [0, 0.05) is 37.0 Å². The fourth-order valence-corrected chi connectivity index (χ4v) is 4.22. The zero-order chi connectivity index (χ0) is 21.0. The highest BCUT2D eigenvalue weighted by Gasteiger charge is 2.24. The van der Waals surface area contributed by atoms with Gasteiger partial charge in [0.15, 0.2) is 0 Å². The lowest BCUT2D eigenvalue weighted by Crippen LogP contribution is -2.40. The number of benzene rings is 1. The molecule has 2 heterocycles. The van der Waals surface area contributed by atoms with Gasteiger partial charge in [0.2, 0.25) is 5.91 Å². The molecule has 1 aromatic heterocycles. The van der Waals surface area contributed by atoms with Crippen LogP contribution in [0, 0.1) is 11.8 Å². The molecule has 1 aliphatic rings. The number of hydrogen-bond acceptors (Lipinski definition) is 5. The smallest absolute Gasteiger partial charge is 0.356 e. The zero-order valence-corrected chi connectivity index (χ0v) is 17.7. The minimum Gasteiger partial charge on any atom is -0.497 e. The van der Waals surface area contributed by atoms with Crippen LogP contribution < -0.4 is 10.1 Å². The molecule has 2 aromatic rings. The van der Waals surface area contributed by atoms with Crippen molar-refractivity contribution in [1.82, 2.24) is 9.88 Å². The second-order valence-electron chi connectivity index (χ2n) is 8.01. The lowest BCUT2D eigenvalue weighted by atomic mass is 9.92. The third-order valence-corrected chi connectivity index (χ3v) is 5.35. The first-order valence-corrected chi connectivity index (χ1v) is 10.3. The molecular weight excluding hydrogens is 370 g/mol. The van der Waals surface area contributed by atoms with Crippen molar-refractivity contribution in [1.29, 1.82) is 0 Å². The summed E-state index contributed by atoms with van der Waals surface area (Å²) < 4.78 is 10.5. The van der Waals surface area contributed by atoms with Crippen LogP contribution in [-0.4, -0.2) is 55.1 Å². The fourth-order valence-electron chi connectivity index (χ4n) is 4.22. The van der Waals surface area contributed by atoms with E-state index in [-0.39, 0.29) is 18.2 Å². The molecule has 1 fully saturated rings. The molecule has 0 spiro atoms. The number of nitrogens with one attached hydrogen (secondary N) is 2. The summed E-state index contributed by atoms with van der Waals surface area (Å²) in [4.78, 5) is 30.5. The largest absolute Gasteiger partial charge is 0.497 e. The number of amides is 1. The average Bonchev–Trinajstić information content (AvgIpc) is 3.03. The molecule has 7 heteroatoms. The number of anilines is 1. The van der Waals surface area contributed by atoms with Gasteiger partial charge in [0.25, 0.3) is 0 Å². The molecular formula is C22H31N3O4. The molecule has 2 N–H and O–H groups in total. The van der Waals surface area contributed by atoms with Gasteiger partial charge in [-0.3, -0.25) is 4.79 Å². The molecule has 1 amide bonds. The van der Waals surface area contributed by atoms with E-state index in [4.69, 9.17) is 9.47 Å². The molecule has 158 valence electrons. The van der Waals surface area contributed by atoms with Crippen LogP contribution in [0.1, 0.15) is 44.1 Å². The van der Waals surface area contributed by atoms with E-state index in [0.717, 1.165) is 24.0 Å². The Hall–Kier alpha value is -2.54. The van der Waals surface area contributed by atoms with Gasteiger partial charge in [-0.05, 0) is 43.4 Å². The number of H-pyrrole nitrogens is 1. The summed E-state index contributed by atoms with van der Waals surface area (Å²) in [5.74, 6) is 1.34.